The lowest BCUT2D eigenvalue weighted by molar-refractivity contribution is 0.119. The molecule has 4 heteroatoms. The van der Waals surface area contributed by atoms with Crippen LogP contribution in [-0.2, 0) is 0 Å². The maximum atomic E-state index is 5.54. The molecule has 0 aliphatic carbocycles. The van der Waals surface area contributed by atoms with E-state index in [-0.39, 0.29) is 5.54 Å². The molecule has 0 aliphatic heterocycles. The molecule has 0 aliphatic rings. The molecule has 1 aromatic carbocycles. The van der Waals surface area contributed by atoms with Crippen LogP contribution in [0, 0.1) is 0 Å². The van der Waals surface area contributed by atoms with Gasteiger partial charge in [-0.3, -0.25) is 0 Å². The Labute approximate surface area is 107 Å². The van der Waals surface area contributed by atoms with Gasteiger partial charge in [-0.1, -0.05) is 12.1 Å². The fraction of sp³-hybridized carbons (Fsp3) is 0.286. The molecule has 0 bridgehead atoms. The molecule has 2 rings (SSSR count). The lowest BCUT2D eigenvalue weighted by Crippen LogP contribution is -2.38. The van der Waals surface area contributed by atoms with Crippen LogP contribution in [0.5, 0.6) is 5.75 Å². The van der Waals surface area contributed by atoms with Gasteiger partial charge in [0.2, 0.25) is 0 Å². The Bertz CT molecular complexity index is 506. The number of aromatic nitrogens is 2. The van der Waals surface area contributed by atoms with Crippen LogP contribution < -0.4 is 10.3 Å². The first-order valence-electron chi connectivity index (χ1n) is 5.84. The molecule has 94 valence electrons. The zero-order valence-corrected chi connectivity index (χ0v) is 10.8. The van der Waals surface area contributed by atoms with E-state index >= 15 is 0 Å². The van der Waals surface area contributed by atoms with E-state index in [4.69, 9.17) is 4.84 Å². The van der Waals surface area contributed by atoms with Gasteiger partial charge in [-0.2, -0.15) is 5.48 Å². The van der Waals surface area contributed by atoms with Crippen molar-refractivity contribution in [1.82, 2.24) is 15.4 Å². The Kier molecular flexibility index (Phi) is 3.58. The second kappa shape index (κ2) is 5.14. The smallest absolute Gasteiger partial charge is 0.147 e. The van der Waals surface area contributed by atoms with Gasteiger partial charge in [0.25, 0.3) is 0 Å². The highest BCUT2D eigenvalue weighted by Crippen LogP contribution is 2.22. The molecule has 0 saturated heterocycles. The predicted molar refractivity (Wildman–Crippen MR) is 71.0 cm³/mol. The molecule has 1 heterocycles. The Balaban J connectivity index is 2.16. The fourth-order valence-electron chi connectivity index (χ4n) is 1.40. The third-order valence-electron chi connectivity index (χ3n) is 2.20. The zero-order chi connectivity index (χ0) is 13.0. The van der Waals surface area contributed by atoms with Gasteiger partial charge in [0, 0.05) is 23.5 Å². The van der Waals surface area contributed by atoms with E-state index in [9.17, 15) is 0 Å². The average molecular weight is 243 g/mol. The van der Waals surface area contributed by atoms with Crippen LogP contribution >= 0.6 is 0 Å². The van der Waals surface area contributed by atoms with Gasteiger partial charge in [-0.25, -0.2) is 9.97 Å². The molecule has 0 fully saturated rings. The van der Waals surface area contributed by atoms with Crippen LogP contribution in [0.2, 0.25) is 0 Å². The summed E-state index contributed by atoms with van der Waals surface area (Å²) in [6, 6.07) is 7.81. The van der Waals surface area contributed by atoms with E-state index in [1.54, 1.807) is 12.4 Å². The molecule has 18 heavy (non-hydrogen) atoms. The minimum atomic E-state index is -0.0914. The Morgan fingerprint density at radius 1 is 1.06 bits per heavy atom. The molecule has 2 aromatic rings. The van der Waals surface area contributed by atoms with Crippen LogP contribution in [0.25, 0.3) is 11.1 Å². The van der Waals surface area contributed by atoms with Crippen molar-refractivity contribution >= 4 is 0 Å². The van der Waals surface area contributed by atoms with Crippen LogP contribution in [0.4, 0.5) is 0 Å². The van der Waals surface area contributed by atoms with E-state index < -0.39 is 0 Å². The monoisotopic (exact) mass is 243 g/mol. The Morgan fingerprint density at radius 3 is 2.44 bits per heavy atom. The molecule has 4 nitrogen and oxygen atoms in total. The molecule has 0 amide bonds. The number of hydrogen-bond acceptors (Lipinski definition) is 4. The molecule has 0 saturated carbocycles. The summed E-state index contributed by atoms with van der Waals surface area (Å²) < 4.78 is 0. The van der Waals surface area contributed by atoms with Gasteiger partial charge < -0.3 is 4.84 Å². The van der Waals surface area contributed by atoms with Crippen LogP contribution in [0.1, 0.15) is 20.8 Å². The van der Waals surface area contributed by atoms with Crippen molar-refractivity contribution < 1.29 is 4.84 Å². The normalized spacial score (nSPS) is 11.3. The number of nitrogens with zero attached hydrogens (tertiary/aromatic N) is 2. The highest BCUT2D eigenvalue weighted by Gasteiger charge is 2.10. The summed E-state index contributed by atoms with van der Waals surface area (Å²) in [5, 5.41) is 0. The lowest BCUT2D eigenvalue weighted by Gasteiger charge is -2.20. The summed E-state index contributed by atoms with van der Waals surface area (Å²) in [4.78, 5) is 13.6. The van der Waals surface area contributed by atoms with Crippen molar-refractivity contribution in [1.29, 1.82) is 0 Å². The molecule has 1 N–H and O–H groups in total. The third-order valence-corrected chi connectivity index (χ3v) is 2.20. The first kappa shape index (κ1) is 12.5. The van der Waals surface area contributed by atoms with E-state index in [0.717, 1.165) is 16.9 Å². The second-order valence-corrected chi connectivity index (χ2v) is 5.11. The highest BCUT2D eigenvalue weighted by atomic mass is 16.6. The first-order chi connectivity index (χ1) is 8.54. The van der Waals surface area contributed by atoms with Crippen molar-refractivity contribution in [2.75, 3.05) is 0 Å². The van der Waals surface area contributed by atoms with Crippen LogP contribution in [-0.4, -0.2) is 15.5 Å². The summed E-state index contributed by atoms with van der Waals surface area (Å²) in [7, 11) is 0. The number of rotatable bonds is 3. The Morgan fingerprint density at radius 2 is 1.78 bits per heavy atom. The molecule has 0 radical (unpaired) electrons. The summed E-state index contributed by atoms with van der Waals surface area (Å²) in [6.45, 7) is 6.13. The van der Waals surface area contributed by atoms with Crippen molar-refractivity contribution in [3.63, 3.8) is 0 Å². The second-order valence-electron chi connectivity index (χ2n) is 5.11. The number of hydroxylamine groups is 1. The Hall–Kier alpha value is -1.94. The summed E-state index contributed by atoms with van der Waals surface area (Å²) in [6.07, 6.45) is 5.08. The largest absolute Gasteiger partial charge is 0.408 e. The molecular weight excluding hydrogens is 226 g/mol. The van der Waals surface area contributed by atoms with E-state index in [1.165, 1.54) is 6.33 Å². The van der Waals surface area contributed by atoms with Gasteiger partial charge in [-0.15, -0.1) is 0 Å². The highest BCUT2D eigenvalue weighted by molar-refractivity contribution is 5.63. The maximum absolute atomic E-state index is 5.54. The minimum absolute atomic E-state index is 0.0914. The maximum Gasteiger partial charge on any atom is 0.147 e. The molecule has 0 spiro atoms. The minimum Gasteiger partial charge on any atom is -0.408 e. The molecule has 0 atom stereocenters. The van der Waals surface area contributed by atoms with Gasteiger partial charge in [0.05, 0.1) is 0 Å². The van der Waals surface area contributed by atoms with Gasteiger partial charge in [0.15, 0.2) is 0 Å². The lowest BCUT2D eigenvalue weighted by atomic mass is 10.1. The first-order valence-corrected chi connectivity index (χ1v) is 5.84. The van der Waals surface area contributed by atoms with E-state index in [1.807, 2.05) is 45.0 Å². The SMILES string of the molecule is CC(C)(C)NOc1cccc(-c2cncnc2)c1. The third kappa shape index (κ3) is 3.53. The standard InChI is InChI=1S/C14H17N3O/c1-14(2,3)17-18-13-6-4-5-11(7-13)12-8-15-10-16-9-12/h4-10,17H,1-3H3. The predicted octanol–water partition coefficient (Wildman–Crippen LogP) is 2.83. The number of benzene rings is 1. The summed E-state index contributed by atoms with van der Waals surface area (Å²) in [5.74, 6) is 0.770. The van der Waals surface area contributed by atoms with E-state index in [0.29, 0.717) is 0 Å². The quantitative estimate of drug-likeness (QED) is 0.842. The van der Waals surface area contributed by atoms with Crippen LogP contribution in [0.3, 0.4) is 0 Å². The zero-order valence-electron chi connectivity index (χ0n) is 10.8. The topological polar surface area (TPSA) is 47.0 Å². The molecule has 0 unspecified atom stereocenters. The van der Waals surface area contributed by atoms with Gasteiger partial charge in [0.1, 0.15) is 12.1 Å². The van der Waals surface area contributed by atoms with Crippen molar-refractivity contribution in [3.05, 3.63) is 43.0 Å². The number of nitrogens with one attached hydrogen (secondary N) is 1. The summed E-state index contributed by atoms with van der Waals surface area (Å²) >= 11 is 0. The molecule has 1 aromatic heterocycles. The van der Waals surface area contributed by atoms with Crippen molar-refractivity contribution in [3.8, 4) is 16.9 Å². The van der Waals surface area contributed by atoms with E-state index in [2.05, 4.69) is 15.4 Å². The molecular formula is C14H17N3O. The summed E-state index contributed by atoms with van der Waals surface area (Å²) in [5.41, 5.74) is 4.90. The average Bonchev–Trinajstić information content (AvgIpc) is 2.37. The van der Waals surface area contributed by atoms with Crippen LogP contribution in [0.15, 0.2) is 43.0 Å². The number of hydrogen-bond donors (Lipinski definition) is 1. The van der Waals surface area contributed by atoms with Crippen molar-refractivity contribution in [2.24, 2.45) is 0 Å². The van der Waals surface area contributed by atoms with Crippen molar-refractivity contribution in [2.45, 2.75) is 26.3 Å². The van der Waals surface area contributed by atoms with Gasteiger partial charge in [-0.05, 0) is 38.5 Å². The van der Waals surface area contributed by atoms with Gasteiger partial charge >= 0.3 is 0 Å². The fourth-order valence-corrected chi connectivity index (χ4v) is 1.40.